The van der Waals surface area contributed by atoms with Gasteiger partial charge in [0.15, 0.2) is 0 Å². The highest BCUT2D eigenvalue weighted by atomic mass is 28.4. The Bertz CT molecular complexity index is 301. The van der Waals surface area contributed by atoms with Gasteiger partial charge in [0.05, 0.1) is 0 Å². The van der Waals surface area contributed by atoms with Crippen LogP contribution in [0.2, 0.25) is 18.6 Å². The van der Waals surface area contributed by atoms with E-state index in [0.717, 1.165) is 25.6 Å². The summed E-state index contributed by atoms with van der Waals surface area (Å²) in [5.41, 5.74) is 0. The first-order chi connectivity index (χ1) is 11.1. The minimum atomic E-state index is -2.50. The van der Waals surface area contributed by atoms with Gasteiger partial charge in [-0.3, -0.25) is 0 Å². The predicted molar refractivity (Wildman–Crippen MR) is 98.9 cm³/mol. The Morgan fingerprint density at radius 2 is 1.52 bits per heavy atom. The van der Waals surface area contributed by atoms with Crippen molar-refractivity contribution in [1.29, 1.82) is 0 Å². The average Bonchev–Trinajstić information content (AvgIpc) is 2.50. The van der Waals surface area contributed by atoms with Gasteiger partial charge in [0.2, 0.25) is 0 Å². The summed E-state index contributed by atoms with van der Waals surface area (Å²) < 4.78 is 26.7. The molecule has 0 aromatic heterocycles. The molecule has 7 heteroatoms. The molecule has 1 rings (SSSR count). The van der Waals surface area contributed by atoms with Crippen molar-refractivity contribution in [1.82, 2.24) is 4.57 Å². The number of rotatable bonds is 12. The monoisotopic (exact) mass is 363 g/mol. The Kier molecular flexibility index (Phi) is 10.1. The summed E-state index contributed by atoms with van der Waals surface area (Å²) in [4.78, 5) is 0. The van der Waals surface area contributed by atoms with Gasteiger partial charge in [0.25, 0.3) is 8.48 Å². The lowest BCUT2D eigenvalue weighted by atomic mass is 10.3. The first kappa shape index (κ1) is 21.3. The molecular weight excluding hydrogens is 326 g/mol. The van der Waals surface area contributed by atoms with Crippen molar-refractivity contribution >= 4 is 17.3 Å². The van der Waals surface area contributed by atoms with Crippen molar-refractivity contribution < 1.29 is 17.7 Å². The highest BCUT2D eigenvalue weighted by Crippen LogP contribution is 2.27. The normalized spacial score (nSPS) is 23.3. The molecule has 138 valence electrons. The summed E-state index contributed by atoms with van der Waals surface area (Å²) in [6, 6.07) is 2.15. The van der Waals surface area contributed by atoms with Crippen LogP contribution < -0.4 is 0 Å². The molecule has 0 N–H and O–H groups in total. The molecule has 0 radical (unpaired) electrons. The molecule has 0 aliphatic carbocycles. The first-order valence-electron chi connectivity index (χ1n) is 9.36. The van der Waals surface area contributed by atoms with Crippen LogP contribution in [-0.2, 0) is 17.7 Å². The molecule has 1 atom stereocenters. The minimum absolute atomic E-state index is 0.654. The molecule has 1 saturated heterocycles. The van der Waals surface area contributed by atoms with Crippen molar-refractivity contribution in [3.63, 3.8) is 0 Å². The fraction of sp³-hybridized carbons (Fsp3) is 1.00. The van der Waals surface area contributed by atoms with Crippen LogP contribution in [-0.4, -0.2) is 61.4 Å². The largest absolute Gasteiger partial charge is 0.500 e. The molecule has 1 heterocycles. The van der Waals surface area contributed by atoms with E-state index in [1.54, 1.807) is 0 Å². The minimum Gasteiger partial charge on any atom is -0.403 e. The summed E-state index contributed by atoms with van der Waals surface area (Å²) in [5.74, 6) is 0. The first-order valence-corrected chi connectivity index (χ1v) is 13.9. The zero-order valence-electron chi connectivity index (χ0n) is 15.9. The van der Waals surface area contributed by atoms with Gasteiger partial charge < -0.3 is 22.3 Å². The third kappa shape index (κ3) is 6.57. The quantitative estimate of drug-likeness (QED) is 0.495. The number of hydrogen-bond acceptors (Lipinski definition) is 5. The summed E-state index contributed by atoms with van der Waals surface area (Å²) in [6.07, 6.45) is 3.66. The topological polar surface area (TPSA) is 40.2 Å². The van der Waals surface area contributed by atoms with Crippen molar-refractivity contribution in [2.75, 3.05) is 39.5 Å². The van der Waals surface area contributed by atoms with Crippen LogP contribution in [0.1, 0.15) is 47.0 Å². The molecular formula is C16H37NO4Si2. The molecule has 5 nitrogen and oxygen atoms in total. The molecule has 1 aliphatic rings. The van der Waals surface area contributed by atoms with E-state index in [9.17, 15) is 0 Å². The highest BCUT2D eigenvalue weighted by Gasteiger charge is 2.42. The van der Waals surface area contributed by atoms with E-state index < -0.39 is 17.3 Å². The van der Waals surface area contributed by atoms with Gasteiger partial charge in [0, 0.05) is 32.5 Å². The van der Waals surface area contributed by atoms with Gasteiger partial charge in [-0.25, -0.2) is 0 Å². The molecule has 1 unspecified atom stereocenters. The van der Waals surface area contributed by atoms with E-state index >= 15 is 0 Å². The van der Waals surface area contributed by atoms with Gasteiger partial charge in [-0.05, 0) is 66.2 Å². The van der Waals surface area contributed by atoms with Crippen LogP contribution in [0.5, 0.6) is 0 Å². The fourth-order valence-electron chi connectivity index (χ4n) is 3.46. The highest BCUT2D eigenvalue weighted by molar-refractivity contribution is 6.69. The van der Waals surface area contributed by atoms with Crippen molar-refractivity contribution in [3.05, 3.63) is 0 Å². The Labute approximate surface area is 145 Å². The number of hydrogen-bond donors (Lipinski definition) is 0. The Morgan fingerprint density at radius 3 is 2.04 bits per heavy atom. The van der Waals surface area contributed by atoms with Crippen molar-refractivity contribution in [2.45, 2.75) is 65.6 Å². The molecule has 0 aromatic rings. The molecule has 0 bridgehead atoms. The number of nitrogens with zero attached hydrogens (tertiary/aromatic N) is 1. The summed E-state index contributed by atoms with van der Waals surface area (Å²) in [7, 11) is -4.19. The average molecular weight is 364 g/mol. The zero-order chi connectivity index (χ0) is 17.2. The lowest BCUT2D eigenvalue weighted by Crippen LogP contribution is -2.57. The maximum absolute atomic E-state index is 6.19. The summed E-state index contributed by atoms with van der Waals surface area (Å²) in [6.45, 7) is 15.6. The van der Waals surface area contributed by atoms with Gasteiger partial charge >= 0.3 is 8.80 Å². The van der Waals surface area contributed by atoms with E-state index in [1.165, 1.54) is 25.4 Å². The third-order valence-electron chi connectivity index (χ3n) is 4.45. The van der Waals surface area contributed by atoms with Crippen molar-refractivity contribution in [2.24, 2.45) is 0 Å². The van der Waals surface area contributed by atoms with Crippen LogP contribution in [0.4, 0.5) is 0 Å². The maximum Gasteiger partial charge on any atom is 0.500 e. The van der Waals surface area contributed by atoms with Gasteiger partial charge in [-0.15, -0.1) is 0 Å². The zero-order valence-corrected chi connectivity index (χ0v) is 17.9. The lowest BCUT2D eigenvalue weighted by Gasteiger charge is -2.42. The molecule has 0 spiro atoms. The Morgan fingerprint density at radius 1 is 0.913 bits per heavy atom. The van der Waals surface area contributed by atoms with Crippen LogP contribution in [0.15, 0.2) is 0 Å². The van der Waals surface area contributed by atoms with Crippen molar-refractivity contribution in [3.8, 4) is 0 Å². The van der Waals surface area contributed by atoms with Crippen LogP contribution in [0, 0.1) is 0 Å². The molecule has 0 amide bonds. The van der Waals surface area contributed by atoms with Crippen LogP contribution in [0.25, 0.3) is 0 Å². The van der Waals surface area contributed by atoms with Gasteiger partial charge in [-0.1, -0.05) is 6.42 Å². The van der Waals surface area contributed by atoms with Gasteiger partial charge in [0.1, 0.15) is 0 Å². The third-order valence-corrected chi connectivity index (χ3v) is 11.6. The maximum atomic E-state index is 6.19. The van der Waals surface area contributed by atoms with E-state index in [0.29, 0.717) is 19.8 Å². The fourth-order valence-corrected chi connectivity index (χ4v) is 9.49. The second-order valence-corrected chi connectivity index (χ2v) is 12.6. The Hall–Kier alpha value is 0.234. The van der Waals surface area contributed by atoms with Crippen LogP contribution >= 0.6 is 0 Å². The summed E-state index contributed by atoms with van der Waals surface area (Å²) >= 11 is 0. The SMILES string of the molecule is CCO[Si](CCCN1CCCC[Si]1(C)OCC)(OCC)OCC. The second kappa shape index (κ2) is 11.0. The smallest absolute Gasteiger partial charge is 0.403 e. The second-order valence-electron chi connectivity index (χ2n) is 6.14. The predicted octanol–water partition coefficient (Wildman–Crippen LogP) is 3.63. The van der Waals surface area contributed by atoms with Crippen LogP contribution in [0.3, 0.4) is 0 Å². The standard InChI is InChI=1S/C16H37NO4Si2/c1-6-18-22(5)15-11-10-13-17(22)14-12-16-23(19-7-2,20-8-3)21-9-4/h6-16H2,1-5H3. The van der Waals surface area contributed by atoms with E-state index in [-0.39, 0.29) is 0 Å². The van der Waals surface area contributed by atoms with Gasteiger partial charge in [-0.2, -0.15) is 0 Å². The molecule has 1 aliphatic heterocycles. The van der Waals surface area contributed by atoms with E-state index in [2.05, 4.69) is 18.0 Å². The lowest BCUT2D eigenvalue weighted by molar-refractivity contribution is 0.0701. The van der Waals surface area contributed by atoms with E-state index in [4.69, 9.17) is 17.7 Å². The summed E-state index contributed by atoms with van der Waals surface area (Å²) in [5, 5.41) is 0. The molecule has 1 fully saturated rings. The molecule has 0 saturated carbocycles. The van der Waals surface area contributed by atoms with E-state index in [1.807, 2.05) is 20.8 Å². The molecule has 0 aromatic carbocycles. The molecule has 23 heavy (non-hydrogen) atoms. The Balaban J connectivity index is 2.59.